The summed E-state index contributed by atoms with van der Waals surface area (Å²) in [6, 6.07) is 8.23. The molecule has 3 rings (SSSR count). The highest BCUT2D eigenvalue weighted by atomic mass is 16.1. The molecule has 0 spiro atoms. The Hall–Kier alpha value is -2.37. The van der Waals surface area contributed by atoms with E-state index in [2.05, 4.69) is 20.3 Å². The van der Waals surface area contributed by atoms with E-state index in [1.807, 2.05) is 42.1 Å². The predicted octanol–water partition coefficient (Wildman–Crippen LogP) is 2.00. The predicted molar refractivity (Wildman–Crippen MR) is 81.4 cm³/mol. The molecular formula is C15H19N5O. The first kappa shape index (κ1) is 13.6. The average molecular weight is 285 g/mol. The molecule has 1 saturated heterocycles. The average Bonchev–Trinajstić information content (AvgIpc) is 3.06. The Kier molecular flexibility index (Phi) is 3.60. The lowest BCUT2D eigenvalue weighted by molar-refractivity contribution is -0.114. The first-order valence-electron chi connectivity index (χ1n) is 7.13. The van der Waals surface area contributed by atoms with Gasteiger partial charge in [-0.3, -0.25) is 9.48 Å². The highest BCUT2D eigenvalue weighted by Gasteiger charge is 2.25. The maximum atomic E-state index is 11.0. The quantitative estimate of drug-likeness (QED) is 0.937. The normalized spacial score (nSPS) is 18.0. The van der Waals surface area contributed by atoms with Crippen LogP contribution in [0.5, 0.6) is 0 Å². The molecule has 0 saturated carbocycles. The second-order valence-corrected chi connectivity index (χ2v) is 5.39. The van der Waals surface area contributed by atoms with Crippen LogP contribution >= 0.6 is 0 Å². The third kappa shape index (κ3) is 3.04. The van der Waals surface area contributed by atoms with Gasteiger partial charge in [-0.1, -0.05) is 6.07 Å². The number of nitrogens with zero attached hydrogens (tertiary/aromatic N) is 4. The number of aryl methyl sites for hydroxylation is 1. The second-order valence-electron chi connectivity index (χ2n) is 5.39. The van der Waals surface area contributed by atoms with E-state index in [0.717, 1.165) is 31.0 Å². The summed E-state index contributed by atoms with van der Waals surface area (Å²) >= 11 is 0. The Morgan fingerprint density at radius 2 is 2.24 bits per heavy atom. The molecule has 1 N–H and O–H groups in total. The number of anilines is 2. The molecule has 2 aromatic rings. The summed E-state index contributed by atoms with van der Waals surface area (Å²) < 4.78 is 1.93. The monoisotopic (exact) mass is 285 g/mol. The topological polar surface area (TPSA) is 63.1 Å². The number of carbonyl (C=O) groups excluding carboxylic acids is 1. The molecule has 1 aliphatic heterocycles. The molecule has 0 radical (unpaired) electrons. The van der Waals surface area contributed by atoms with Crippen LogP contribution in [0.25, 0.3) is 0 Å². The highest BCUT2D eigenvalue weighted by molar-refractivity contribution is 5.87. The Labute approximate surface area is 123 Å². The van der Waals surface area contributed by atoms with E-state index in [9.17, 15) is 4.79 Å². The maximum Gasteiger partial charge on any atom is 0.222 e. The summed E-state index contributed by atoms with van der Waals surface area (Å²) in [5, 5.41) is 7.12. The fraction of sp³-hybridized carbons (Fsp3) is 0.400. The van der Waals surface area contributed by atoms with Gasteiger partial charge in [-0.05, 0) is 25.5 Å². The molecule has 21 heavy (non-hydrogen) atoms. The molecule has 1 unspecified atom stereocenters. The van der Waals surface area contributed by atoms with E-state index in [1.54, 1.807) is 0 Å². The van der Waals surface area contributed by atoms with Crippen LogP contribution in [0.1, 0.15) is 25.1 Å². The van der Waals surface area contributed by atoms with E-state index < -0.39 is 0 Å². The third-order valence-corrected chi connectivity index (χ3v) is 3.65. The number of hydrogen-bond donors (Lipinski definition) is 1. The van der Waals surface area contributed by atoms with Crippen LogP contribution in [0.4, 0.5) is 11.6 Å². The van der Waals surface area contributed by atoms with Crippen molar-refractivity contribution in [3.05, 3.63) is 36.2 Å². The van der Waals surface area contributed by atoms with Gasteiger partial charge in [0.15, 0.2) is 5.82 Å². The van der Waals surface area contributed by atoms with Crippen molar-refractivity contribution >= 4 is 17.5 Å². The summed E-state index contributed by atoms with van der Waals surface area (Å²) in [7, 11) is 0. The van der Waals surface area contributed by atoms with Gasteiger partial charge in [0.2, 0.25) is 5.91 Å². The molecule has 1 fully saturated rings. The highest BCUT2D eigenvalue weighted by Crippen LogP contribution is 2.25. The zero-order valence-electron chi connectivity index (χ0n) is 12.3. The molecule has 6 nitrogen and oxygen atoms in total. The zero-order chi connectivity index (χ0) is 14.8. The van der Waals surface area contributed by atoms with Gasteiger partial charge in [-0.25, -0.2) is 4.98 Å². The fourth-order valence-electron chi connectivity index (χ4n) is 2.66. The number of nitrogens with one attached hydrogen (secondary N) is 1. The molecule has 2 aromatic heterocycles. The van der Waals surface area contributed by atoms with E-state index in [1.165, 1.54) is 6.92 Å². The number of carbonyl (C=O) groups is 1. The molecule has 6 heteroatoms. The summed E-state index contributed by atoms with van der Waals surface area (Å²) in [5.74, 6) is 1.53. The van der Waals surface area contributed by atoms with Gasteiger partial charge in [-0.2, -0.15) is 5.10 Å². The molecule has 0 bridgehead atoms. The Bertz CT molecular complexity index is 651. The number of amides is 1. The lowest BCUT2D eigenvalue weighted by atomic mass is 10.3. The number of pyridine rings is 1. The minimum atomic E-state index is -0.0998. The minimum absolute atomic E-state index is 0.0998. The summed E-state index contributed by atoms with van der Waals surface area (Å²) in [6.07, 6.45) is 2.94. The first-order chi connectivity index (χ1) is 10.1. The summed E-state index contributed by atoms with van der Waals surface area (Å²) in [6.45, 7) is 5.35. The first-order valence-corrected chi connectivity index (χ1v) is 7.13. The van der Waals surface area contributed by atoms with Crippen LogP contribution in [-0.4, -0.2) is 33.8 Å². The molecular weight excluding hydrogens is 266 g/mol. The Morgan fingerprint density at radius 1 is 1.38 bits per heavy atom. The van der Waals surface area contributed by atoms with Crippen LogP contribution in [0, 0.1) is 6.92 Å². The fourth-order valence-corrected chi connectivity index (χ4v) is 2.66. The zero-order valence-corrected chi connectivity index (χ0v) is 12.3. The summed E-state index contributed by atoms with van der Waals surface area (Å²) in [4.78, 5) is 17.9. The molecule has 1 aliphatic rings. The van der Waals surface area contributed by atoms with E-state index >= 15 is 0 Å². The van der Waals surface area contributed by atoms with Gasteiger partial charge in [0, 0.05) is 38.0 Å². The van der Waals surface area contributed by atoms with Gasteiger partial charge in [-0.15, -0.1) is 0 Å². The molecule has 110 valence electrons. The SMILES string of the molecule is CC(=O)Nc1ccn(C2CCN(c3cccc(C)n3)C2)n1. The van der Waals surface area contributed by atoms with E-state index in [0.29, 0.717) is 11.9 Å². The van der Waals surface area contributed by atoms with Crippen molar-refractivity contribution in [2.24, 2.45) is 0 Å². The van der Waals surface area contributed by atoms with Crippen molar-refractivity contribution in [3.63, 3.8) is 0 Å². The largest absolute Gasteiger partial charge is 0.354 e. The Morgan fingerprint density at radius 3 is 3.00 bits per heavy atom. The van der Waals surface area contributed by atoms with Crippen LogP contribution in [0.3, 0.4) is 0 Å². The van der Waals surface area contributed by atoms with Crippen LogP contribution in [0.15, 0.2) is 30.5 Å². The van der Waals surface area contributed by atoms with Gasteiger partial charge in [0.1, 0.15) is 5.82 Å². The smallest absolute Gasteiger partial charge is 0.222 e. The van der Waals surface area contributed by atoms with Gasteiger partial charge < -0.3 is 10.2 Å². The van der Waals surface area contributed by atoms with Crippen molar-refractivity contribution in [2.75, 3.05) is 23.3 Å². The second kappa shape index (κ2) is 5.55. The molecule has 1 amide bonds. The van der Waals surface area contributed by atoms with Crippen molar-refractivity contribution in [1.82, 2.24) is 14.8 Å². The van der Waals surface area contributed by atoms with E-state index in [4.69, 9.17) is 0 Å². The van der Waals surface area contributed by atoms with E-state index in [-0.39, 0.29) is 5.91 Å². The van der Waals surface area contributed by atoms with Crippen molar-refractivity contribution in [1.29, 1.82) is 0 Å². The molecule has 1 atom stereocenters. The standard InChI is InChI=1S/C15H19N5O/c1-11-4-3-5-15(16-11)19-8-6-13(10-19)20-9-7-14(18-20)17-12(2)21/h3-5,7,9,13H,6,8,10H2,1-2H3,(H,17,18,21). The molecule has 0 aromatic carbocycles. The van der Waals surface area contributed by atoms with Crippen LogP contribution in [-0.2, 0) is 4.79 Å². The van der Waals surface area contributed by atoms with Crippen LogP contribution < -0.4 is 10.2 Å². The van der Waals surface area contributed by atoms with Gasteiger partial charge in [0.25, 0.3) is 0 Å². The molecule has 3 heterocycles. The lowest BCUT2D eigenvalue weighted by Crippen LogP contribution is -2.22. The number of hydrogen-bond acceptors (Lipinski definition) is 4. The third-order valence-electron chi connectivity index (χ3n) is 3.65. The number of rotatable bonds is 3. The number of aromatic nitrogens is 3. The summed E-state index contributed by atoms with van der Waals surface area (Å²) in [5.41, 5.74) is 1.03. The lowest BCUT2D eigenvalue weighted by Gasteiger charge is -2.17. The maximum absolute atomic E-state index is 11.0. The van der Waals surface area contributed by atoms with Crippen molar-refractivity contribution in [2.45, 2.75) is 26.3 Å². The Balaban J connectivity index is 1.69. The molecule has 0 aliphatic carbocycles. The van der Waals surface area contributed by atoms with Crippen LogP contribution in [0.2, 0.25) is 0 Å². The van der Waals surface area contributed by atoms with Crippen molar-refractivity contribution in [3.8, 4) is 0 Å². The van der Waals surface area contributed by atoms with Gasteiger partial charge in [0.05, 0.1) is 6.04 Å². The van der Waals surface area contributed by atoms with Gasteiger partial charge >= 0.3 is 0 Å². The van der Waals surface area contributed by atoms with Crippen molar-refractivity contribution < 1.29 is 4.79 Å². The minimum Gasteiger partial charge on any atom is -0.354 e.